The summed E-state index contributed by atoms with van der Waals surface area (Å²) >= 11 is 1.28. The largest absolute Gasteiger partial charge is 0.387 e. The van der Waals surface area contributed by atoms with Crippen LogP contribution in [0.3, 0.4) is 0 Å². The van der Waals surface area contributed by atoms with Crippen molar-refractivity contribution < 1.29 is 5.11 Å². The zero-order chi connectivity index (χ0) is 12.2. The van der Waals surface area contributed by atoms with Crippen LogP contribution in [0.5, 0.6) is 0 Å². The van der Waals surface area contributed by atoms with Crippen molar-refractivity contribution in [1.82, 2.24) is 9.59 Å². The summed E-state index contributed by atoms with van der Waals surface area (Å²) in [6, 6.07) is 0. The van der Waals surface area contributed by atoms with Gasteiger partial charge in [-0.25, -0.2) is 0 Å². The Balaban J connectivity index is 2.73. The molecular weight excluding hydrogens is 220 g/mol. The zero-order valence-corrected chi connectivity index (χ0v) is 10.8. The van der Waals surface area contributed by atoms with Gasteiger partial charge in [0, 0.05) is 11.8 Å². The third-order valence-electron chi connectivity index (χ3n) is 2.33. The first-order chi connectivity index (χ1) is 7.46. The maximum Gasteiger partial charge on any atom is 0.0917 e. The van der Waals surface area contributed by atoms with Crippen molar-refractivity contribution in [2.24, 2.45) is 0 Å². The van der Waals surface area contributed by atoms with Crippen molar-refractivity contribution >= 4 is 11.5 Å². The number of terminal acetylenes is 1. The van der Waals surface area contributed by atoms with E-state index in [1.54, 1.807) is 0 Å². The highest BCUT2D eigenvalue weighted by Crippen LogP contribution is 2.32. The summed E-state index contributed by atoms with van der Waals surface area (Å²) < 4.78 is 3.93. The Morgan fingerprint density at radius 2 is 2.19 bits per heavy atom. The summed E-state index contributed by atoms with van der Waals surface area (Å²) in [6.07, 6.45) is 6.91. The Labute approximate surface area is 101 Å². The summed E-state index contributed by atoms with van der Waals surface area (Å²) in [5.74, 6) is 2.57. The van der Waals surface area contributed by atoms with Crippen molar-refractivity contribution in [1.29, 1.82) is 0 Å². The fraction of sp³-hybridized carbons (Fsp3) is 0.667. The van der Waals surface area contributed by atoms with Crippen molar-refractivity contribution in [2.75, 3.05) is 0 Å². The molecule has 0 fully saturated rings. The highest BCUT2D eigenvalue weighted by Gasteiger charge is 2.25. The lowest BCUT2D eigenvalue weighted by Crippen LogP contribution is -2.15. The fourth-order valence-corrected chi connectivity index (χ4v) is 2.35. The van der Waals surface area contributed by atoms with Gasteiger partial charge in [-0.15, -0.1) is 17.4 Å². The average Bonchev–Trinajstić information content (AvgIpc) is 2.65. The molecule has 4 heteroatoms. The molecule has 0 aliphatic rings. The molecule has 1 heterocycles. The number of aromatic nitrogens is 2. The molecule has 0 aliphatic carbocycles. The number of rotatable bonds is 4. The van der Waals surface area contributed by atoms with Crippen LogP contribution in [0.15, 0.2) is 0 Å². The SMILES string of the molecule is C#CCCCC(O)c1snnc1C(C)(C)C. The number of nitrogens with zero attached hydrogens (tertiary/aromatic N) is 2. The quantitative estimate of drug-likeness (QED) is 0.648. The zero-order valence-electron chi connectivity index (χ0n) is 10.0. The molecule has 0 saturated heterocycles. The lowest BCUT2D eigenvalue weighted by Gasteiger charge is -2.18. The standard InChI is InChI=1S/C12H18N2OS/c1-5-6-7-8-9(15)10-11(12(2,3)4)13-14-16-10/h1,9,15H,6-8H2,2-4H3. The Morgan fingerprint density at radius 3 is 2.75 bits per heavy atom. The van der Waals surface area contributed by atoms with Gasteiger partial charge < -0.3 is 5.11 Å². The smallest absolute Gasteiger partial charge is 0.0917 e. The molecule has 1 aromatic rings. The van der Waals surface area contributed by atoms with E-state index < -0.39 is 6.10 Å². The van der Waals surface area contributed by atoms with Crippen molar-refractivity contribution in [3.63, 3.8) is 0 Å². The van der Waals surface area contributed by atoms with E-state index in [-0.39, 0.29) is 5.41 Å². The highest BCUT2D eigenvalue weighted by molar-refractivity contribution is 7.05. The van der Waals surface area contributed by atoms with E-state index in [9.17, 15) is 5.11 Å². The molecule has 0 aliphatic heterocycles. The van der Waals surface area contributed by atoms with E-state index in [0.717, 1.165) is 17.0 Å². The Kier molecular flexibility index (Phi) is 4.45. The molecule has 0 aromatic carbocycles. The molecule has 0 saturated carbocycles. The van der Waals surface area contributed by atoms with E-state index in [1.165, 1.54) is 11.5 Å². The minimum absolute atomic E-state index is 0.0740. The second-order valence-corrected chi connectivity index (χ2v) is 5.63. The highest BCUT2D eigenvalue weighted by atomic mass is 32.1. The van der Waals surface area contributed by atoms with Crippen LogP contribution >= 0.6 is 11.5 Å². The van der Waals surface area contributed by atoms with E-state index in [1.807, 2.05) is 0 Å². The summed E-state index contributed by atoms with van der Waals surface area (Å²) in [4.78, 5) is 0.879. The normalized spacial score (nSPS) is 13.4. The molecule has 0 radical (unpaired) electrons. The first-order valence-corrected chi connectivity index (χ1v) is 6.18. The number of unbranched alkanes of at least 4 members (excludes halogenated alkanes) is 1. The van der Waals surface area contributed by atoms with Gasteiger partial charge in [-0.3, -0.25) is 0 Å². The number of aliphatic hydroxyl groups excluding tert-OH is 1. The van der Waals surface area contributed by atoms with Crippen molar-refractivity contribution in [3.05, 3.63) is 10.6 Å². The minimum atomic E-state index is -0.484. The van der Waals surface area contributed by atoms with Gasteiger partial charge in [0.1, 0.15) is 0 Å². The molecule has 16 heavy (non-hydrogen) atoms. The molecule has 3 nitrogen and oxygen atoms in total. The van der Waals surface area contributed by atoms with E-state index in [2.05, 4.69) is 36.3 Å². The van der Waals surface area contributed by atoms with Crippen molar-refractivity contribution in [3.8, 4) is 12.3 Å². The molecular formula is C12H18N2OS. The predicted molar refractivity (Wildman–Crippen MR) is 66.3 cm³/mol. The maximum atomic E-state index is 10.0. The van der Waals surface area contributed by atoms with Crippen LogP contribution in [0.1, 0.15) is 56.7 Å². The lowest BCUT2D eigenvalue weighted by atomic mass is 9.90. The molecule has 1 N–H and O–H groups in total. The molecule has 0 amide bonds. The Bertz CT molecular complexity index is 373. The first kappa shape index (κ1) is 13.1. The van der Waals surface area contributed by atoms with E-state index >= 15 is 0 Å². The van der Waals surface area contributed by atoms with E-state index in [4.69, 9.17) is 6.42 Å². The van der Waals surface area contributed by atoms with Gasteiger partial charge >= 0.3 is 0 Å². The monoisotopic (exact) mass is 238 g/mol. The minimum Gasteiger partial charge on any atom is -0.387 e. The second kappa shape index (κ2) is 5.42. The average molecular weight is 238 g/mol. The second-order valence-electron chi connectivity index (χ2n) is 4.85. The molecule has 88 valence electrons. The van der Waals surface area contributed by atoms with Gasteiger partial charge in [-0.1, -0.05) is 25.3 Å². The van der Waals surface area contributed by atoms with Gasteiger partial charge in [-0.05, 0) is 24.4 Å². The topological polar surface area (TPSA) is 46.0 Å². The summed E-state index contributed by atoms with van der Waals surface area (Å²) in [6.45, 7) is 6.21. The molecule has 1 unspecified atom stereocenters. The molecule has 0 spiro atoms. The van der Waals surface area contributed by atoms with E-state index in [0.29, 0.717) is 12.8 Å². The summed E-state index contributed by atoms with van der Waals surface area (Å²) in [5.41, 5.74) is 0.820. The van der Waals surface area contributed by atoms with Crippen LogP contribution in [0.2, 0.25) is 0 Å². The van der Waals surface area contributed by atoms with Gasteiger partial charge in [-0.2, -0.15) is 0 Å². The van der Waals surface area contributed by atoms with Crippen LogP contribution < -0.4 is 0 Å². The van der Waals surface area contributed by atoms with Crippen LogP contribution in [-0.4, -0.2) is 14.7 Å². The van der Waals surface area contributed by atoms with Crippen molar-refractivity contribution in [2.45, 2.75) is 51.6 Å². The molecule has 1 rings (SSSR count). The molecule has 1 atom stereocenters. The first-order valence-electron chi connectivity index (χ1n) is 5.41. The third kappa shape index (κ3) is 3.29. The van der Waals surface area contributed by atoms with Gasteiger partial charge in [0.05, 0.1) is 16.7 Å². The van der Waals surface area contributed by atoms with Crippen LogP contribution in [0, 0.1) is 12.3 Å². The lowest BCUT2D eigenvalue weighted by molar-refractivity contribution is 0.166. The van der Waals surface area contributed by atoms with Gasteiger partial charge in [0.2, 0.25) is 0 Å². The fourth-order valence-electron chi connectivity index (χ4n) is 1.46. The number of aliphatic hydroxyl groups is 1. The molecule has 0 bridgehead atoms. The van der Waals surface area contributed by atoms with Crippen LogP contribution in [-0.2, 0) is 5.41 Å². The van der Waals surface area contributed by atoms with Gasteiger partial charge in [0.25, 0.3) is 0 Å². The number of hydrogen-bond donors (Lipinski definition) is 1. The Hall–Kier alpha value is -0.920. The molecule has 1 aromatic heterocycles. The Morgan fingerprint density at radius 1 is 1.50 bits per heavy atom. The maximum absolute atomic E-state index is 10.0. The predicted octanol–water partition coefficient (Wildman–Crippen LogP) is 2.67. The summed E-state index contributed by atoms with van der Waals surface area (Å²) in [7, 11) is 0. The van der Waals surface area contributed by atoms with Crippen LogP contribution in [0.4, 0.5) is 0 Å². The van der Waals surface area contributed by atoms with Gasteiger partial charge in [0.15, 0.2) is 0 Å². The summed E-state index contributed by atoms with van der Waals surface area (Å²) in [5, 5.41) is 14.1. The van der Waals surface area contributed by atoms with Crippen LogP contribution in [0.25, 0.3) is 0 Å². The third-order valence-corrected chi connectivity index (χ3v) is 3.15. The number of hydrogen-bond acceptors (Lipinski definition) is 4.